The fourth-order valence-corrected chi connectivity index (χ4v) is 1.61. The van der Waals surface area contributed by atoms with Crippen LogP contribution in [-0.4, -0.2) is 47.4 Å². The van der Waals surface area contributed by atoms with Crippen LogP contribution in [0, 0.1) is 10.1 Å². The van der Waals surface area contributed by atoms with Gasteiger partial charge in [-0.2, -0.15) is 0 Å². The number of phenols is 1. The van der Waals surface area contributed by atoms with Gasteiger partial charge in [-0.3, -0.25) is 10.1 Å². The maximum Gasteiger partial charge on any atom is 0.357 e. The van der Waals surface area contributed by atoms with Crippen molar-refractivity contribution in [3.05, 3.63) is 33.9 Å². The van der Waals surface area contributed by atoms with Crippen molar-refractivity contribution in [2.24, 2.45) is 0 Å². The number of hydrogen-bond acceptors (Lipinski definition) is 7. The molecule has 0 aliphatic carbocycles. The molecular weight excluding hydrogens is 256 g/mol. The highest BCUT2D eigenvalue weighted by Gasteiger charge is 2.20. The first-order valence-electron chi connectivity index (χ1n) is 5.60. The minimum atomic E-state index is -0.730. The van der Waals surface area contributed by atoms with Gasteiger partial charge in [0.2, 0.25) is 0 Å². The third kappa shape index (κ3) is 3.18. The van der Waals surface area contributed by atoms with Crippen molar-refractivity contribution in [1.29, 1.82) is 0 Å². The van der Waals surface area contributed by atoms with Crippen LogP contribution in [0.25, 0.3) is 0 Å². The van der Waals surface area contributed by atoms with Crippen molar-refractivity contribution in [2.75, 3.05) is 26.3 Å². The average molecular weight is 268 g/mol. The Hall–Kier alpha value is -2.19. The molecule has 1 aromatic rings. The summed E-state index contributed by atoms with van der Waals surface area (Å²) in [5.74, 6) is -1.24. The predicted octanol–water partition coefficient (Wildman–Crippen LogP) is 0.704. The Labute approximate surface area is 108 Å². The number of nitrogens with zero attached hydrogens (tertiary/aromatic N) is 2. The molecule has 1 saturated heterocycles. The number of phenolic OH excluding ortho intramolecular Hbond substituents is 1. The highest BCUT2D eigenvalue weighted by Crippen LogP contribution is 2.26. The molecule has 19 heavy (non-hydrogen) atoms. The van der Waals surface area contributed by atoms with Gasteiger partial charge in [0.25, 0.3) is 0 Å². The third-order valence-electron chi connectivity index (χ3n) is 2.59. The fourth-order valence-electron chi connectivity index (χ4n) is 1.61. The van der Waals surface area contributed by atoms with E-state index in [-0.39, 0.29) is 5.56 Å². The van der Waals surface area contributed by atoms with Crippen molar-refractivity contribution in [2.45, 2.75) is 0 Å². The number of aromatic hydroxyl groups is 1. The molecule has 1 fully saturated rings. The van der Waals surface area contributed by atoms with Crippen LogP contribution in [-0.2, 0) is 9.57 Å². The molecule has 1 heterocycles. The van der Waals surface area contributed by atoms with E-state index in [0.717, 1.165) is 12.1 Å². The lowest BCUT2D eigenvalue weighted by Crippen LogP contribution is -2.37. The Morgan fingerprint density at radius 3 is 2.68 bits per heavy atom. The molecule has 1 aromatic carbocycles. The number of benzene rings is 1. The number of nitro groups is 1. The summed E-state index contributed by atoms with van der Waals surface area (Å²) < 4.78 is 5.10. The molecule has 8 heteroatoms. The summed E-state index contributed by atoms with van der Waals surface area (Å²) >= 11 is 0. The predicted molar refractivity (Wildman–Crippen MR) is 62.6 cm³/mol. The molecule has 0 unspecified atom stereocenters. The molecule has 102 valence electrons. The summed E-state index contributed by atoms with van der Waals surface area (Å²) in [7, 11) is 0. The number of morpholine rings is 1. The molecule has 0 amide bonds. The summed E-state index contributed by atoms with van der Waals surface area (Å²) in [6, 6.07) is 3.31. The molecular formula is C11H12N2O6. The van der Waals surface area contributed by atoms with E-state index >= 15 is 0 Å². The molecule has 1 aliphatic rings. The first-order chi connectivity index (χ1) is 9.08. The zero-order valence-corrected chi connectivity index (χ0v) is 9.94. The number of hydrogen-bond donors (Lipinski definition) is 1. The number of ether oxygens (including phenoxy) is 1. The molecule has 2 rings (SSSR count). The first kappa shape index (κ1) is 13.2. The van der Waals surface area contributed by atoms with Crippen LogP contribution in [0.3, 0.4) is 0 Å². The minimum Gasteiger partial charge on any atom is -0.502 e. The molecule has 0 saturated carbocycles. The Morgan fingerprint density at radius 2 is 2.11 bits per heavy atom. The van der Waals surface area contributed by atoms with E-state index in [1.165, 1.54) is 11.1 Å². The molecule has 1 N–H and O–H groups in total. The number of carbonyl (C=O) groups is 1. The van der Waals surface area contributed by atoms with E-state index < -0.39 is 22.3 Å². The van der Waals surface area contributed by atoms with E-state index in [1.54, 1.807) is 0 Å². The van der Waals surface area contributed by atoms with Gasteiger partial charge in [-0.15, -0.1) is 5.06 Å². The lowest BCUT2D eigenvalue weighted by atomic mass is 10.2. The normalized spacial score (nSPS) is 16.0. The Morgan fingerprint density at radius 1 is 1.42 bits per heavy atom. The van der Waals surface area contributed by atoms with E-state index in [0.29, 0.717) is 26.3 Å². The maximum atomic E-state index is 11.8. The molecule has 0 atom stereocenters. The van der Waals surface area contributed by atoms with Crippen LogP contribution in [0.4, 0.5) is 5.69 Å². The largest absolute Gasteiger partial charge is 0.502 e. The van der Waals surface area contributed by atoms with Crippen molar-refractivity contribution >= 4 is 11.7 Å². The molecule has 0 spiro atoms. The number of carbonyl (C=O) groups excluding carboxylic acids is 1. The summed E-state index contributed by atoms with van der Waals surface area (Å²) in [6.45, 7) is 1.87. The summed E-state index contributed by atoms with van der Waals surface area (Å²) in [6.07, 6.45) is 0. The summed E-state index contributed by atoms with van der Waals surface area (Å²) in [5.41, 5.74) is -0.405. The second kappa shape index (κ2) is 5.63. The molecule has 0 radical (unpaired) electrons. The number of nitro benzene ring substituents is 1. The first-order valence-corrected chi connectivity index (χ1v) is 5.60. The van der Waals surface area contributed by atoms with Gasteiger partial charge in [-0.25, -0.2) is 4.79 Å². The fraction of sp³-hybridized carbons (Fsp3) is 0.364. The maximum absolute atomic E-state index is 11.8. The molecule has 0 bridgehead atoms. The molecule has 8 nitrogen and oxygen atoms in total. The smallest absolute Gasteiger partial charge is 0.357 e. The van der Waals surface area contributed by atoms with Crippen LogP contribution in [0.2, 0.25) is 0 Å². The van der Waals surface area contributed by atoms with E-state index in [1.807, 2.05) is 0 Å². The molecule has 1 aliphatic heterocycles. The Kier molecular flexibility index (Phi) is 3.93. The second-order valence-corrected chi connectivity index (χ2v) is 3.88. The monoisotopic (exact) mass is 268 g/mol. The Bertz CT molecular complexity index is 498. The quantitative estimate of drug-likeness (QED) is 0.636. The van der Waals surface area contributed by atoms with Gasteiger partial charge in [0, 0.05) is 12.1 Å². The lowest BCUT2D eigenvalue weighted by Gasteiger charge is -2.24. The zero-order valence-electron chi connectivity index (χ0n) is 9.94. The van der Waals surface area contributed by atoms with Crippen molar-refractivity contribution < 1.29 is 24.4 Å². The number of rotatable bonds is 3. The minimum absolute atomic E-state index is 0.0505. The third-order valence-corrected chi connectivity index (χ3v) is 2.59. The zero-order chi connectivity index (χ0) is 13.8. The van der Waals surface area contributed by atoms with Crippen LogP contribution in [0.1, 0.15) is 10.4 Å². The SMILES string of the molecule is O=C(ON1CCOCC1)c1ccc([N+](=O)[O-])c(O)c1. The second-order valence-electron chi connectivity index (χ2n) is 3.88. The van der Waals surface area contributed by atoms with Crippen LogP contribution < -0.4 is 0 Å². The van der Waals surface area contributed by atoms with Gasteiger partial charge in [0.05, 0.1) is 36.8 Å². The average Bonchev–Trinajstić information content (AvgIpc) is 2.39. The Balaban J connectivity index is 2.06. The van der Waals surface area contributed by atoms with Gasteiger partial charge in [-0.05, 0) is 6.07 Å². The van der Waals surface area contributed by atoms with Crippen LogP contribution in [0.15, 0.2) is 18.2 Å². The van der Waals surface area contributed by atoms with Gasteiger partial charge in [0.15, 0.2) is 5.75 Å². The van der Waals surface area contributed by atoms with Crippen molar-refractivity contribution in [3.63, 3.8) is 0 Å². The highest BCUT2D eigenvalue weighted by atomic mass is 16.7. The van der Waals surface area contributed by atoms with E-state index in [4.69, 9.17) is 9.57 Å². The topological polar surface area (TPSA) is 102 Å². The van der Waals surface area contributed by atoms with Gasteiger partial charge in [-0.1, -0.05) is 0 Å². The highest BCUT2D eigenvalue weighted by molar-refractivity contribution is 5.90. The van der Waals surface area contributed by atoms with Crippen LogP contribution in [0.5, 0.6) is 5.75 Å². The van der Waals surface area contributed by atoms with Crippen molar-refractivity contribution in [1.82, 2.24) is 5.06 Å². The van der Waals surface area contributed by atoms with Gasteiger partial charge >= 0.3 is 11.7 Å². The number of hydroxylamine groups is 2. The summed E-state index contributed by atoms with van der Waals surface area (Å²) in [5, 5.41) is 21.4. The van der Waals surface area contributed by atoms with Crippen molar-refractivity contribution in [3.8, 4) is 5.75 Å². The lowest BCUT2D eigenvalue weighted by molar-refractivity contribution is -0.385. The van der Waals surface area contributed by atoms with E-state index in [9.17, 15) is 20.0 Å². The van der Waals surface area contributed by atoms with Crippen LogP contribution >= 0.6 is 0 Å². The van der Waals surface area contributed by atoms with E-state index in [2.05, 4.69) is 0 Å². The molecule has 0 aromatic heterocycles. The van der Waals surface area contributed by atoms with Gasteiger partial charge < -0.3 is 14.7 Å². The summed E-state index contributed by atoms with van der Waals surface area (Å²) in [4.78, 5) is 26.6. The van der Waals surface area contributed by atoms with Gasteiger partial charge in [0.1, 0.15) is 0 Å². The standard InChI is InChI=1S/C11H12N2O6/c14-10-7-8(1-2-9(10)13(16)17)11(15)19-12-3-5-18-6-4-12/h1-2,7,14H,3-6H2.